The fraction of sp³-hybridized carbons (Fsp3) is 0.111. The minimum absolute atomic E-state index is 0.219. The lowest BCUT2D eigenvalue weighted by atomic mass is 10.1. The second-order valence-electron chi connectivity index (χ2n) is 2.41. The van der Waals surface area contributed by atoms with Crippen LogP contribution in [0.4, 0.5) is 0 Å². The molecule has 0 aliphatic rings. The summed E-state index contributed by atoms with van der Waals surface area (Å²) in [6, 6.07) is 7.31. The van der Waals surface area contributed by atoms with Crippen LogP contribution in [-0.4, -0.2) is 12.6 Å². The number of nitrogens with one attached hydrogen (secondary N) is 1. The number of rotatable bonds is 2. The molecule has 0 saturated heterocycles. The molecule has 0 fully saturated rings. The van der Waals surface area contributed by atoms with E-state index in [1.54, 1.807) is 6.07 Å². The van der Waals surface area contributed by atoms with E-state index in [-0.39, 0.29) is 5.91 Å². The van der Waals surface area contributed by atoms with Crippen LogP contribution in [0.5, 0.6) is 0 Å². The van der Waals surface area contributed by atoms with Gasteiger partial charge in [0, 0.05) is 12.3 Å². The van der Waals surface area contributed by atoms with Gasteiger partial charge in [-0.3, -0.25) is 4.79 Å². The highest BCUT2D eigenvalue weighted by Crippen LogP contribution is 2.05. The van der Waals surface area contributed by atoms with Gasteiger partial charge in [-0.25, -0.2) is 5.43 Å². The van der Waals surface area contributed by atoms with Gasteiger partial charge in [0.1, 0.15) is 0 Å². The summed E-state index contributed by atoms with van der Waals surface area (Å²) in [5.74, 6) is -0.219. The summed E-state index contributed by atoms with van der Waals surface area (Å²) in [6.45, 7) is 5.05. The molecule has 62 valence electrons. The number of carbonyl (C=O) groups is 1. The summed E-state index contributed by atoms with van der Waals surface area (Å²) in [7, 11) is 0. The largest absolute Gasteiger partial charge is 0.271 e. The number of nitrogens with zero attached hydrogens (tertiary/aromatic N) is 1. The quantitative estimate of drug-likeness (QED) is 0.517. The molecular formula is C9H10N2O. The van der Waals surface area contributed by atoms with Crippen LogP contribution in [-0.2, 0) is 0 Å². The van der Waals surface area contributed by atoms with Crippen LogP contribution < -0.4 is 5.43 Å². The van der Waals surface area contributed by atoms with Crippen LogP contribution in [0, 0.1) is 6.92 Å². The molecule has 0 aliphatic heterocycles. The Morgan fingerprint density at radius 3 is 2.75 bits per heavy atom. The molecule has 12 heavy (non-hydrogen) atoms. The molecule has 0 atom stereocenters. The lowest BCUT2D eigenvalue weighted by Crippen LogP contribution is -2.17. The van der Waals surface area contributed by atoms with E-state index in [0.717, 1.165) is 5.56 Å². The van der Waals surface area contributed by atoms with Crippen molar-refractivity contribution < 1.29 is 4.79 Å². The highest BCUT2D eigenvalue weighted by Gasteiger charge is 2.05. The maximum absolute atomic E-state index is 11.2. The highest BCUT2D eigenvalue weighted by atomic mass is 16.2. The zero-order valence-corrected chi connectivity index (χ0v) is 6.87. The van der Waals surface area contributed by atoms with E-state index in [2.05, 4.69) is 17.2 Å². The van der Waals surface area contributed by atoms with Crippen LogP contribution in [0.3, 0.4) is 0 Å². The summed E-state index contributed by atoms with van der Waals surface area (Å²) in [4.78, 5) is 11.2. The molecule has 0 aliphatic carbocycles. The third kappa shape index (κ3) is 1.69. The van der Waals surface area contributed by atoms with E-state index >= 15 is 0 Å². The Morgan fingerprint density at radius 1 is 1.50 bits per heavy atom. The predicted octanol–water partition coefficient (Wildman–Crippen LogP) is 1.34. The number of aryl methyl sites for hydroxylation is 1. The maximum atomic E-state index is 11.2. The zero-order chi connectivity index (χ0) is 8.97. The van der Waals surface area contributed by atoms with Crippen molar-refractivity contribution in [1.82, 2.24) is 5.43 Å². The summed E-state index contributed by atoms with van der Waals surface area (Å²) < 4.78 is 0. The number of hydrogen-bond donors (Lipinski definition) is 1. The molecule has 0 bridgehead atoms. The molecular weight excluding hydrogens is 152 g/mol. The van der Waals surface area contributed by atoms with E-state index in [1.165, 1.54) is 0 Å². The normalized spacial score (nSPS) is 9.08. The summed E-state index contributed by atoms with van der Waals surface area (Å²) in [5, 5.41) is 3.30. The molecule has 0 radical (unpaired) electrons. The van der Waals surface area contributed by atoms with Crippen molar-refractivity contribution in [3.05, 3.63) is 35.4 Å². The highest BCUT2D eigenvalue weighted by molar-refractivity contribution is 5.95. The van der Waals surface area contributed by atoms with Crippen molar-refractivity contribution >= 4 is 12.6 Å². The van der Waals surface area contributed by atoms with Crippen LogP contribution in [0.25, 0.3) is 0 Å². The molecule has 3 heteroatoms. The number of benzene rings is 1. The molecule has 0 spiro atoms. The van der Waals surface area contributed by atoms with Crippen molar-refractivity contribution in [3.63, 3.8) is 0 Å². The third-order valence-corrected chi connectivity index (χ3v) is 1.57. The minimum Gasteiger partial charge on any atom is -0.267 e. The van der Waals surface area contributed by atoms with E-state index < -0.39 is 0 Å². The fourth-order valence-electron chi connectivity index (χ4n) is 0.960. The molecule has 0 heterocycles. The van der Waals surface area contributed by atoms with Crippen molar-refractivity contribution in [2.45, 2.75) is 6.92 Å². The monoisotopic (exact) mass is 162 g/mol. The lowest BCUT2D eigenvalue weighted by molar-refractivity contribution is 0.0954. The Kier molecular flexibility index (Phi) is 2.58. The Labute approximate surface area is 71.1 Å². The average molecular weight is 162 g/mol. The van der Waals surface area contributed by atoms with Gasteiger partial charge in [-0.2, -0.15) is 5.10 Å². The lowest BCUT2D eigenvalue weighted by Gasteiger charge is -2.01. The van der Waals surface area contributed by atoms with Crippen LogP contribution in [0.2, 0.25) is 0 Å². The van der Waals surface area contributed by atoms with Gasteiger partial charge < -0.3 is 0 Å². The van der Waals surface area contributed by atoms with Crippen LogP contribution in [0.1, 0.15) is 15.9 Å². The number of amides is 1. The Morgan fingerprint density at radius 2 is 2.17 bits per heavy atom. The third-order valence-electron chi connectivity index (χ3n) is 1.57. The predicted molar refractivity (Wildman–Crippen MR) is 48.2 cm³/mol. The summed E-state index contributed by atoms with van der Waals surface area (Å²) >= 11 is 0. The zero-order valence-electron chi connectivity index (χ0n) is 6.87. The molecule has 0 unspecified atom stereocenters. The first kappa shape index (κ1) is 8.46. The summed E-state index contributed by atoms with van der Waals surface area (Å²) in [5.41, 5.74) is 3.84. The molecule has 0 aromatic heterocycles. The standard InChI is InChI=1S/C9H10N2O/c1-7-5-3-4-6-8(7)9(12)11-10-2/h3-6H,2H2,1H3,(H,11,12). The van der Waals surface area contributed by atoms with Gasteiger partial charge in [-0.1, -0.05) is 18.2 Å². The number of hydrazone groups is 1. The van der Waals surface area contributed by atoms with E-state index in [4.69, 9.17) is 0 Å². The fourth-order valence-corrected chi connectivity index (χ4v) is 0.960. The first-order valence-corrected chi connectivity index (χ1v) is 3.57. The smallest absolute Gasteiger partial charge is 0.267 e. The molecule has 1 amide bonds. The van der Waals surface area contributed by atoms with Gasteiger partial charge in [0.15, 0.2) is 0 Å². The Bertz CT molecular complexity index is 307. The Hall–Kier alpha value is -1.64. The topological polar surface area (TPSA) is 41.5 Å². The van der Waals surface area contributed by atoms with E-state index in [9.17, 15) is 4.79 Å². The van der Waals surface area contributed by atoms with Gasteiger partial charge in [0.25, 0.3) is 5.91 Å². The minimum atomic E-state index is -0.219. The number of hydrogen-bond acceptors (Lipinski definition) is 2. The first-order valence-electron chi connectivity index (χ1n) is 3.57. The first-order chi connectivity index (χ1) is 5.75. The van der Waals surface area contributed by atoms with Gasteiger partial charge >= 0.3 is 0 Å². The molecule has 1 rings (SSSR count). The van der Waals surface area contributed by atoms with Crippen LogP contribution >= 0.6 is 0 Å². The molecule has 0 saturated carbocycles. The summed E-state index contributed by atoms with van der Waals surface area (Å²) in [6.07, 6.45) is 0. The van der Waals surface area contributed by atoms with Crippen molar-refractivity contribution in [3.8, 4) is 0 Å². The second-order valence-corrected chi connectivity index (χ2v) is 2.41. The Balaban J connectivity index is 2.94. The van der Waals surface area contributed by atoms with Crippen molar-refractivity contribution in [2.75, 3.05) is 0 Å². The van der Waals surface area contributed by atoms with E-state index in [1.807, 2.05) is 25.1 Å². The SMILES string of the molecule is C=NNC(=O)c1ccccc1C. The maximum Gasteiger partial charge on any atom is 0.271 e. The van der Waals surface area contributed by atoms with Gasteiger partial charge in [0.2, 0.25) is 0 Å². The van der Waals surface area contributed by atoms with Crippen LogP contribution in [0.15, 0.2) is 29.4 Å². The molecule has 1 aromatic carbocycles. The number of carbonyl (C=O) groups excluding carboxylic acids is 1. The van der Waals surface area contributed by atoms with Gasteiger partial charge in [0.05, 0.1) is 0 Å². The van der Waals surface area contributed by atoms with Crippen molar-refractivity contribution in [2.24, 2.45) is 5.10 Å². The van der Waals surface area contributed by atoms with Crippen molar-refractivity contribution in [1.29, 1.82) is 0 Å². The second kappa shape index (κ2) is 3.67. The molecule has 1 aromatic rings. The molecule has 3 nitrogen and oxygen atoms in total. The van der Waals surface area contributed by atoms with Gasteiger partial charge in [-0.05, 0) is 18.6 Å². The van der Waals surface area contributed by atoms with Gasteiger partial charge in [-0.15, -0.1) is 0 Å². The average Bonchev–Trinajstić information content (AvgIpc) is 2.05. The van der Waals surface area contributed by atoms with E-state index in [0.29, 0.717) is 5.56 Å². The molecule has 1 N–H and O–H groups in total.